The molecule has 0 amide bonds. The maximum absolute atomic E-state index is 13.4. The van der Waals surface area contributed by atoms with Crippen LogP contribution in [0.2, 0.25) is 5.02 Å². The molecule has 1 heterocycles. The number of alkyl halides is 3. The van der Waals surface area contributed by atoms with Gasteiger partial charge in [-0.15, -0.1) is 0 Å². The number of likely N-dealkylation sites (tertiary alicyclic amines) is 1. The molecule has 0 radical (unpaired) electrons. The molecule has 2 aromatic carbocycles. The summed E-state index contributed by atoms with van der Waals surface area (Å²) in [6.45, 7) is 4.31. The van der Waals surface area contributed by atoms with E-state index in [9.17, 15) is 18.0 Å². The third-order valence-corrected chi connectivity index (χ3v) is 6.67. The molecule has 4 rings (SSSR count). The minimum atomic E-state index is -4.50. The Kier molecular flexibility index (Phi) is 5.92. The number of hydrogen-bond donors (Lipinski definition) is 1. The minimum absolute atomic E-state index is 0.00892. The normalized spacial score (nSPS) is 19.2. The van der Waals surface area contributed by atoms with Gasteiger partial charge in [-0.3, -0.25) is 9.69 Å². The number of nitrogens with zero attached hydrogens (tertiary/aromatic N) is 2. The van der Waals surface area contributed by atoms with Crippen LogP contribution in [0.3, 0.4) is 0 Å². The molecule has 0 bridgehead atoms. The van der Waals surface area contributed by atoms with Crippen LogP contribution in [0.15, 0.2) is 36.4 Å². The molecule has 2 aliphatic rings. The fourth-order valence-corrected chi connectivity index (χ4v) is 4.99. The van der Waals surface area contributed by atoms with E-state index in [0.29, 0.717) is 31.9 Å². The number of aliphatic carboxylic acids is 1. The summed E-state index contributed by atoms with van der Waals surface area (Å²) in [5.74, 6) is -1.05. The molecule has 4 nitrogen and oxygen atoms in total. The molecule has 1 atom stereocenters. The fourth-order valence-electron chi connectivity index (χ4n) is 4.77. The molecule has 1 aliphatic carbocycles. The van der Waals surface area contributed by atoms with Crippen LogP contribution < -0.4 is 4.90 Å². The van der Waals surface area contributed by atoms with E-state index < -0.39 is 17.7 Å². The van der Waals surface area contributed by atoms with Crippen LogP contribution in [0.25, 0.3) is 0 Å². The summed E-state index contributed by atoms with van der Waals surface area (Å²) in [7, 11) is 0. The Labute approximate surface area is 184 Å². The van der Waals surface area contributed by atoms with Crippen LogP contribution in [0, 0.1) is 5.92 Å². The van der Waals surface area contributed by atoms with Gasteiger partial charge in [0.1, 0.15) is 0 Å². The number of hydrogen-bond acceptors (Lipinski definition) is 3. The van der Waals surface area contributed by atoms with Gasteiger partial charge in [0.15, 0.2) is 0 Å². The summed E-state index contributed by atoms with van der Waals surface area (Å²) in [4.78, 5) is 15.2. The van der Waals surface area contributed by atoms with Gasteiger partial charge in [-0.05, 0) is 54.7 Å². The van der Waals surface area contributed by atoms with Gasteiger partial charge in [-0.1, -0.05) is 29.8 Å². The zero-order valence-electron chi connectivity index (χ0n) is 17.1. The Balaban J connectivity index is 1.58. The highest BCUT2D eigenvalue weighted by molar-refractivity contribution is 6.31. The van der Waals surface area contributed by atoms with Crippen molar-refractivity contribution in [2.24, 2.45) is 5.92 Å². The molecule has 1 fully saturated rings. The van der Waals surface area contributed by atoms with Gasteiger partial charge in [-0.2, -0.15) is 13.2 Å². The summed E-state index contributed by atoms with van der Waals surface area (Å²) in [6.07, 6.45) is -2.83. The molecule has 0 saturated carbocycles. The number of rotatable bonds is 6. The van der Waals surface area contributed by atoms with Gasteiger partial charge in [-0.25, -0.2) is 0 Å². The van der Waals surface area contributed by atoms with E-state index in [0.717, 1.165) is 24.5 Å². The van der Waals surface area contributed by atoms with Crippen molar-refractivity contribution in [2.75, 3.05) is 24.5 Å². The molecule has 1 unspecified atom stereocenters. The molecule has 1 saturated heterocycles. The van der Waals surface area contributed by atoms with Gasteiger partial charge < -0.3 is 10.0 Å². The first-order valence-electron chi connectivity index (χ1n) is 10.4. The van der Waals surface area contributed by atoms with Crippen molar-refractivity contribution >= 4 is 23.3 Å². The predicted octanol–water partition coefficient (Wildman–Crippen LogP) is 5.39. The second-order valence-corrected chi connectivity index (χ2v) is 8.62. The number of carbonyl (C=O) groups is 1. The molecular formula is C23H24ClF3N2O2. The maximum atomic E-state index is 13.4. The minimum Gasteiger partial charge on any atom is -0.481 e. The predicted molar refractivity (Wildman–Crippen MR) is 113 cm³/mol. The summed E-state index contributed by atoms with van der Waals surface area (Å²) in [5.41, 5.74) is 3.23. The largest absolute Gasteiger partial charge is 0.481 e. The SMILES string of the molecule is CCN(c1ccc(Cl)c(C(F)(F)F)c1)C1CCc2c(CN3CC(C(=O)O)C3)cccc21. The van der Waals surface area contributed by atoms with E-state index in [2.05, 4.69) is 17.0 Å². The summed E-state index contributed by atoms with van der Waals surface area (Å²) in [6, 6.07) is 10.2. The van der Waals surface area contributed by atoms with Crippen LogP contribution in [0.1, 0.15) is 41.6 Å². The maximum Gasteiger partial charge on any atom is 0.417 e. The van der Waals surface area contributed by atoms with Crippen molar-refractivity contribution in [2.45, 2.75) is 38.5 Å². The first-order valence-corrected chi connectivity index (χ1v) is 10.8. The third kappa shape index (κ3) is 4.26. The summed E-state index contributed by atoms with van der Waals surface area (Å²) >= 11 is 5.81. The van der Waals surface area contributed by atoms with E-state index in [-0.39, 0.29) is 17.0 Å². The van der Waals surface area contributed by atoms with Gasteiger partial charge in [0, 0.05) is 31.9 Å². The van der Waals surface area contributed by atoms with Crippen molar-refractivity contribution in [1.82, 2.24) is 4.90 Å². The van der Waals surface area contributed by atoms with Gasteiger partial charge in [0.25, 0.3) is 0 Å². The highest BCUT2D eigenvalue weighted by Crippen LogP contribution is 2.42. The van der Waals surface area contributed by atoms with Gasteiger partial charge in [0.05, 0.1) is 22.5 Å². The lowest BCUT2D eigenvalue weighted by atomic mass is 9.96. The average molecular weight is 453 g/mol. The Bertz CT molecular complexity index is 989. The molecule has 2 aromatic rings. The summed E-state index contributed by atoms with van der Waals surface area (Å²) in [5, 5.41) is 8.78. The topological polar surface area (TPSA) is 43.8 Å². The number of carboxylic acid groups (broad SMARTS) is 1. The van der Waals surface area contributed by atoms with E-state index in [1.165, 1.54) is 17.2 Å². The quantitative estimate of drug-likeness (QED) is 0.638. The smallest absolute Gasteiger partial charge is 0.417 e. The number of anilines is 1. The van der Waals surface area contributed by atoms with Crippen molar-refractivity contribution in [3.05, 3.63) is 63.7 Å². The summed E-state index contributed by atoms with van der Waals surface area (Å²) < 4.78 is 40.1. The van der Waals surface area contributed by atoms with Crippen molar-refractivity contribution < 1.29 is 23.1 Å². The number of carboxylic acids is 1. The van der Waals surface area contributed by atoms with E-state index in [1.54, 1.807) is 6.07 Å². The fraction of sp³-hybridized carbons (Fsp3) is 0.435. The van der Waals surface area contributed by atoms with Crippen LogP contribution in [0.5, 0.6) is 0 Å². The van der Waals surface area contributed by atoms with Crippen molar-refractivity contribution in [3.8, 4) is 0 Å². The monoisotopic (exact) mass is 452 g/mol. The molecule has 166 valence electrons. The number of halogens is 4. The number of benzene rings is 2. The van der Waals surface area contributed by atoms with Crippen molar-refractivity contribution in [3.63, 3.8) is 0 Å². The Morgan fingerprint density at radius 1 is 1.26 bits per heavy atom. The molecule has 1 aliphatic heterocycles. The van der Waals surface area contributed by atoms with Crippen molar-refractivity contribution in [1.29, 1.82) is 0 Å². The molecule has 0 aromatic heterocycles. The Hall–Kier alpha value is -2.25. The Morgan fingerprint density at radius 3 is 2.65 bits per heavy atom. The molecule has 31 heavy (non-hydrogen) atoms. The van der Waals surface area contributed by atoms with Crippen LogP contribution in [-0.4, -0.2) is 35.6 Å². The second-order valence-electron chi connectivity index (χ2n) is 8.22. The highest BCUT2D eigenvalue weighted by atomic mass is 35.5. The first-order chi connectivity index (χ1) is 14.7. The zero-order valence-corrected chi connectivity index (χ0v) is 17.9. The molecular weight excluding hydrogens is 429 g/mol. The lowest BCUT2D eigenvalue weighted by Gasteiger charge is -2.37. The molecule has 1 N–H and O–H groups in total. The second kappa shape index (κ2) is 8.36. The van der Waals surface area contributed by atoms with Crippen LogP contribution in [-0.2, 0) is 23.9 Å². The van der Waals surface area contributed by atoms with E-state index in [1.807, 2.05) is 17.9 Å². The van der Waals surface area contributed by atoms with E-state index >= 15 is 0 Å². The van der Waals surface area contributed by atoms with Crippen LogP contribution in [0.4, 0.5) is 18.9 Å². The van der Waals surface area contributed by atoms with Gasteiger partial charge >= 0.3 is 12.1 Å². The van der Waals surface area contributed by atoms with E-state index in [4.69, 9.17) is 16.7 Å². The zero-order chi connectivity index (χ0) is 22.3. The average Bonchev–Trinajstić information content (AvgIpc) is 3.09. The Morgan fingerprint density at radius 2 is 2.00 bits per heavy atom. The third-order valence-electron chi connectivity index (χ3n) is 6.34. The molecule has 0 spiro atoms. The molecule has 8 heteroatoms. The van der Waals surface area contributed by atoms with Gasteiger partial charge in [0.2, 0.25) is 0 Å². The standard InChI is InChI=1S/C23H24ClF3N2O2/c1-2-29(16-6-8-20(24)19(10-16)23(25,26)27)21-9-7-17-14(4-3-5-18(17)21)11-28-12-15(13-28)22(30)31/h3-6,8,10,15,21H,2,7,9,11-13H2,1H3,(H,30,31). The lowest BCUT2D eigenvalue weighted by Crippen LogP contribution is -2.49. The lowest BCUT2D eigenvalue weighted by molar-refractivity contribution is -0.147. The van der Waals surface area contributed by atoms with Crippen LogP contribution >= 0.6 is 11.6 Å². The first kappa shape index (κ1) is 22.0. The number of fused-ring (bicyclic) bond motifs is 1. The highest BCUT2D eigenvalue weighted by Gasteiger charge is 2.36.